The summed E-state index contributed by atoms with van der Waals surface area (Å²) < 4.78 is 6.67. The summed E-state index contributed by atoms with van der Waals surface area (Å²) in [7, 11) is 0. The predicted octanol–water partition coefficient (Wildman–Crippen LogP) is 14.8. The maximum atomic E-state index is 9.58. The molecule has 292 valence electrons. The second-order valence-electron chi connectivity index (χ2n) is 18.7. The lowest BCUT2D eigenvalue weighted by molar-refractivity contribution is 0.0396. The van der Waals surface area contributed by atoms with E-state index in [2.05, 4.69) is 26.0 Å². The minimum atomic E-state index is 0.303. The summed E-state index contributed by atoms with van der Waals surface area (Å²) >= 11 is 0. The number of nitrogens with zero attached hydrogens (tertiary/aromatic N) is 2. The number of rotatable bonds is 24. The Labute approximate surface area is 318 Å². The molecule has 0 radical (unpaired) electrons. The monoisotopic (exact) mass is 705 g/mol. The van der Waals surface area contributed by atoms with Gasteiger partial charge in [0, 0.05) is 25.0 Å². The Hall–Kier alpha value is -1.06. The molecule has 4 aliphatic rings. The van der Waals surface area contributed by atoms with Gasteiger partial charge in [0.1, 0.15) is 0 Å². The van der Waals surface area contributed by atoms with Crippen molar-refractivity contribution < 1.29 is 4.74 Å². The lowest BCUT2D eigenvalue weighted by Crippen LogP contribution is -2.32. The molecule has 0 bridgehead atoms. The van der Waals surface area contributed by atoms with E-state index in [4.69, 9.17) is 4.74 Å². The highest BCUT2D eigenvalue weighted by molar-refractivity contribution is 4.92. The average Bonchev–Trinajstić information content (AvgIpc) is 3.18. The van der Waals surface area contributed by atoms with E-state index in [1.165, 1.54) is 180 Å². The highest BCUT2D eigenvalue weighted by atomic mass is 16.5. The van der Waals surface area contributed by atoms with Gasteiger partial charge in [0.05, 0.1) is 12.1 Å². The van der Waals surface area contributed by atoms with Crippen LogP contribution in [-0.4, -0.2) is 13.2 Å². The number of hydrogen-bond donors (Lipinski definition) is 0. The Bertz CT molecular complexity index is 857. The molecule has 0 spiro atoms. The van der Waals surface area contributed by atoms with Crippen LogP contribution >= 0.6 is 0 Å². The van der Waals surface area contributed by atoms with Crippen LogP contribution in [0.2, 0.25) is 0 Å². The van der Waals surface area contributed by atoms with Gasteiger partial charge in [0.15, 0.2) is 0 Å². The molecule has 0 amide bonds. The zero-order chi connectivity index (χ0) is 35.9. The number of ether oxygens (including phenoxy) is 1. The van der Waals surface area contributed by atoms with Crippen molar-refractivity contribution in [3.8, 4) is 12.1 Å². The van der Waals surface area contributed by atoms with Crippen molar-refractivity contribution in [1.82, 2.24) is 0 Å². The van der Waals surface area contributed by atoms with Crippen LogP contribution in [-0.2, 0) is 4.74 Å². The first-order valence-electron chi connectivity index (χ1n) is 23.5. The molecule has 2 atom stereocenters. The summed E-state index contributed by atoms with van der Waals surface area (Å²) in [5.74, 6) is 7.56. The Kier molecular flexibility index (Phi) is 21.6. The zero-order valence-electron chi connectivity index (χ0n) is 34.1. The van der Waals surface area contributed by atoms with Crippen LogP contribution in [0.4, 0.5) is 0 Å². The number of nitriles is 2. The molecule has 0 N–H and O–H groups in total. The molecular weight excluding hydrogens is 621 g/mol. The van der Waals surface area contributed by atoms with Crippen LogP contribution in [0, 0.1) is 81.8 Å². The molecular formula is C48H84N2O. The average molecular weight is 705 g/mol. The van der Waals surface area contributed by atoms with E-state index in [-0.39, 0.29) is 0 Å². The summed E-state index contributed by atoms with van der Waals surface area (Å²) in [4.78, 5) is 0. The van der Waals surface area contributed by atoms with Crippen molar-refractivity contribution in [3.05, 3.63) is 0 Å². The normalized spacial score (nSPS) is 31.4. The Morgan fingerprint density at radius 1 is 0.431 bits per heavy atom. The molecule has 3 nitrogen and oxygen atoms in total. The molecule has 0 saturated heterocycles. The van der Waals surface area contributed by atoms with E-state index in [9.17, 15) is 10.5 Å². The summed E-state index contributed by atoms with van der Waals surface area (Å²) in [5.41, 5.74) is 0. The Morgan fingerprint density at radius 3 is 1.08 bits per heavy atom. The summed E-state index contributed by atoms with van der Waals surface area (Å²) in [6.07, 6.45) is 43.7. The highest BCUT2D eigenvalue weighted by Crippen LogP contribution is 2.46. The van der Waals surface area contributed by atoms with Crippen LogP contribution in [0.5, 0.6) is 0 Å². The molecule has 0 heterocycles. The predicted molar refractivity (Wildman–Crippen MR) is 216 cm³/mol. The smallest absolute Gasteiger partial charge is 0.0655 e. The van der Waals surface area contributed by atoms with Gasteiger partial charge in [-0.05, 0) is 137 Å². The van der Waals surface area contributed by atoms with E-state index in [0.717, 1.165) is 86.2 Å². The van der Waals surface area contributed by atoms with Crippen LogP contribution in [0.25, 0.3) is 0 Å². The van der Waals surface area contributed by atoms with Gasteiger partial charge >= 0.3 is 0 Å². The van der Waals surface area contributed by atoms with E-state index in [1.807, 2.05) is 0 Å². The van der Waals surface area contributed by atoms with E-state index < -0.39 is 0 Å². The van der Waals surface area contributed by atoms with Crippen molar-refractivity contribution in [3.63, 3.8) is 0 Å². The maximum Gasteiger partial charge on any atom is 0.0655 e. The second kappa shape index (κ2) is 25.9. The van der Waals surface area contributed by atoms with E-state index >= 15 is 0 Å². The van der Waals surface area contributed by atoms with E-state index in [1.54, 1.807) is 0 Å². The fourth-order valence-corrected chi connectivity index (χ4v) is 11.8. The molecule has 0 aliphatic heterocycles. The molecule has 3 heteroatoms. The lowest BCUT2D eigenvalue weighted by Gasteiger charge is -2.41. The van der Waals surface area contributed by atoms with Gasteiger partial charge in [-0.15, -0.1) is 0 Å². The van der Waals surface area contributed by atoms with Gasteiger partial charge < -0.3 is 4.74 Å². The third kappa shape index (κ3) is 15.7. The second-order valence-corrected chi connectivity index (χ2v) is 18.7. The maximum absolute atomic E-state index is 9.58. The molecule has 51 heavy (non-hydrogen) atoms. The van der Waals surface area contributed by atoms with E-state index in [0.29, 0.717) is 11.8 Å². The third-order valence-electron chi connectivity index (χ3n) is 15.2. The highest BCUT2D eigenvalue weighted by Gasteiger charge is 2.36. The molecule has 0 aromatic heterocycles. The van der Waals surface area contributed by atoms with Crippen LogP contribution < -0.4 is 0 Å². The zero-order valence-corrected chi connectivity index (χ0v) is 34.1. The topological polar surface area (TPSA) is 56.8 Å². The van der Waals surface area contributed by atoms with Gasteiger partial charge in [-0.2, -0.15) is 10.5 Å². The molecule has 0 aromatic rings. The fourth-order valence-electron chi connectivity index (χ4n) is 11.8. The lowest BCUT2D eigenvalue weighted by atomic mass is 9.65. The van der Waals surface area contributed by atoms with Gasteiger partial charge in [-0.1, -0.05) is 129 Å². The standard InChI is InChI=1S/C48H84N2O/c1-3-5-7-9-11-13-15-39-17-25-43(26-18-39)47(45-29-21-41(37-49)22-30-45)33-35-51-36-34-48(46-31-23-42(38-50)24-32-46)44-27-19-40(20-28-44)16-14-12-10-8-6-4-2/h39-48H,3-36H2,1-2H3/t39-,40-,41-,42-,43-,44-,45-,46-,47?,48?. The first-order chi connectivity index (χ1) is 25.1. The van der Waals surface area contributed by atoms with Gasteiger partial charge in [0.25, 0.3) is 0 Å². The number of unbranched alkanes of at least 4 members (excludes halogenated alkanes) is 10. The van der Waals surface area contributed by atoms with Crippen molar-refractivity contribution in [1.29, 1.82) is 10.5 Å². The van der Waals surface area contributed by atoms with Crippen LogP contribution in [0.15, 0.2) is 0 Å². The summed E-state index contributed by atoms with van der Waals surface area (Å²) in [6.45, 7) is 6.52. The Morgan fingerprint density at radius 2 is 0.745 bits per heavy atom. The van der Waals surface area contributed by atoms with Crippen molar-refractivity contribution in [2.75, 3.05) is 13.2 Å². The SMILES string of the molecule is CCCCCCCC[C@H]1CC[C@H](C(CCOCCC([C@H]2CC[C@H](C#N)CC2)[C@H]2CC[C@H](CCCCCCCC)CC2)[C@H]2CC[C@H](C#N)CC2)CC1. The molecule has 4 fully saturated rings. The first-order valence-corrected chi connectivity index (χ1v) is 23.5. The fraction of sp³-hybridized carbons (Fsp3) is 0.958. The number of hydrogen-bond acceptors (Lipinski definition) is 3. The molecule has 0 aromatic carbocycles. The largest absolute Gasteiger partial charge is 0.381 e. The quantitative estimate of drug-likeness (QED) is 0.0940. The third-order valence-corrected chi connectivity index (χ3v) is 15.2. The first kappa shape index (κ1) is 42.7. The van der Waals surface area contributed by atoms with Crippen LogP contribution in [0.3, 0.4) is 0 Å². The minimum Gasteiger partial charge on any atom is -0.381 e. The minimum absolute atomic E-state index is 0.303. The molecule has 4 aliphatic carbocycles. The van der Waals surface area contributed by atoms with Gasteiger partial charge in [0.2, 0.25) is 0 Å². The summed E-state index contributed by atoms with van der Waals surface area (Å²) in [6, 6.07) is 5.19. The van der Waals surface area contributed by atoms with Gasteiger partial charge in [-0.3, -0.25) is 0 Å². The molecule has 2 unspecified atom stereocenters. The Balaban J connectivity index is 1.22. The summed E-state index contributed by atoms with van der Waals surface area (Å²) in [5, 5.41) is 19.2. The van der Waals surface area contributed by atoms with Crippen molar-refractivity contribution >= 4 is 0 Å². The van der Waals surface area contributed by atoms with Gasteiger partial charge in [-0.25, -0.2) is 0 Å². The van der Waals surface area contributed by atoms with Crippen molar-refractivity contribution in [2.45, 2.75) is 219 Å². The molecule has 4 rings (SSSR count). The van der Waals surface area contributed by atoms with Crippen molar-refractivity contribution in [2.24, 2.45) is 59.2 Å². The van der Waals surface area contributed by atoms with Crippen LogP contribution in [0.1, 0.15) is 219 Å². The molecule has 4 saturated carbocycles.